The number of piperazine rings is 1. The maximum absolute atomic E-state index is 3.94. The Morgan fingerprint density at radius 1 is 1.11 bits per heavy atom. The summed E-state index contributed by atoms with van der Waals surface area (Å²) in [6.45, 7) is 12.1. The van der Waals surface area contributed by atoms with E-state index in [2.05, 4.69) is 37.9 Å². The number of nitrogens with one attached hydrogen (secondary N) is 1. The van der Waals surface area contributed by atoms with Gasteiger partial charge in [0.25, 0.3) is 0 Å². The Hall–Kier alpha value is -0.0800. The molecule has 2 rings (SSSR count). The van der Waals surface area contributed by atoms with Crippen molar-refractivity contribution in [2.75, 3.05) is 13.1 Å². The fraction of sp³-hybridized carbons (Fsp3) is 1.00. The Balaban J connectivity index is 2.16. The van der Waals surface area contributed by atoms with Gasteiger partial charge in [-0.15, -0.1) is 0 Å². The molecule has 1 N–H and O–H groups in total. The zero-order valence-corrected chi connectivity index (χ0v) is 13.6. The van der Waals surface area contributed by atoms with E-state index in [-0.39, 0.29) is 0 Å². The Morgan fingerprint density at radius 3 is 2.26 bits per heavy atom. The van der Waals surface area contributed by atoms with E-state index in [9.17, 15) is 0 Å². The van der Waals surface area contributed by atoms with Crippen LogP contribution >= 0.6 is 0 Å². The van der Waals surface area contributed by atoms with Crippen molar-refractivity contribution in [3.05, 3.63) is 0 Å². The van der Waals surface area contributed by atoms with Gasteiger partial charge in [0.15, 0.2) is 0 Å². The molecule has 0 amide bonds. The molecular formula is C17H34N2. The van der Waals surface area contributed by atoms with E-state index in [1.807, 2.05) is 0 Å². The first kappa shape index (κ1) is 15.3. The third-order valence-electron chi connectivity index (χ3n) is 6.13. The van der Waals surface area contributed by atoms with Gasteiger partial charge in [-0.25, -0.2) is 0 Å². The van der Waals surface area contributed by atoms with Crippen molar-refractivity contribution in [1.29, 1.82) is 0 Å². The van der Waals surface area contributed by atoms with Crippen LogP contribution in [-0.2, 0) is 0 Å². The summed E-state index contributed by atoms with van der Waals surface area (Å²) in [7, 11) is 0. The number of hydrogen-bond acceptors (Lipinski definition) is 2. The van der Waals surface area contributed by atoms with E-state index in [1.165, 1.54) is 64.5 Å². The first-order valence-electron chi connectivity index (χ1n) is 8.61. The highest BCUT2D eigenvalue weighted by atomic mass is 15.3. The maximum Gasteiger partial charge on any atom is 0.0309 e. The van der Waals surface area contributed by atoms with Crippen LogP contribution in [0.4, 0.5) is 0 Å². The average molecular weight is 266 g/mol. The van der Waals surface area contributed by atoms with Crippen LogP contribution in [0.25, 0.3) is 0 Å². The molecule has 1 atom stereocenters. The standard InChI is InChI=1S/C17H34N2/c1-5-15-13-18-17(11-9-8-10-12-17)14-19(15)16(4,6-2)7-3/h15,18H,5-14H2,1-4H3. The smallest absolute Gasteiger partial charge is 0.0309 e. The van der Waals surface area contributed by atoms with Crippen molar-refractivity contribution in [3.63, 3.8) is 0 Å². The minimum Gasteiger partial charge on any atom is -0.308 e. The fourth-order valence-electron chi connectivity index (χ4n) is 4.17. The Labute approximate surface area is 120 Å². The van der Waals surface area contributed by atoms with Gasteiger partial charge >= 0.3 is 0 Å². The summed E-state index contributed by atoms with van der Waals surface area (Å²) in [6, 6.07) is 0.734. The van der Waals surface area contributed by atoms with Gasteiger partial charge in [0.05, 0.1) is 0 Å². The first-order chi connectivity index (χ1) is 9.09. The van der Waals surface area contributed by atoms with Gasteiger partial charge in [0.2, 0.25) is 0 Å². The lowest BCUT2D eigenvalue weighted by Crippen LogP contribution is -2.69. The molecule has 1 unspecified atom stereocenters. The predicted octanol–water partition coefficient (Wildman–Crippen LogP) is 3.95. The van der Waals surface area contributed by atoms with Gasteiger partial charge in [-0.2, -0.15) is 0 Å². The van der Waals surface area contributed by atoms with Crippen LogP contribution < -0.4 is 5.32 Å². The first-order valence-corrected chi connectivity index (χ1v) is 8.61. The van der Waals surface area contributed by atoms with Crippen molar-refractivity contribution < 1.29 is 0 Å². The van der Waals surface area contributed by atoms with Crippen LogP contribution in [0.2, 0.25) is 0 Å². The molecule has 0 bridgehead atoms. The summed E-state index contributed by atoms with van der Waals surface area (Å²) < 4.78 is 0. The highest BCUT2D eigenvalue weighted by Gasteiger charge is 2.44. The van der Waals surface area contributed by atoms with E-state index in [0.29, 0.717) is 11.1 Å². The predicted molar refractivity (Wildman–Crippen MR) is 83.6 cm³/mol. The minimum atomic E-state index is 0.396. The van der Waals surface area contributed by atoms with Crippen LogP contribution in [0.3, 0.4) is 0 Å². The van der Waals surface area contributed by atoms with Gasteiger partial charge in [0.1, 0.15) is 0 Å². The maximum atomic E-state index is 3.94. The van der Waals surface area contributed by atoms with E-state index < -0.39 is 0 Å². The van der Waals surface area contributed by atoms with Crippen molar-refractivity contribution in [2.24, 2.45) is 0 Å². The number of rotatable bonds is 4. The quantitative estimate of drug-likeness (QED) is 0.829. The van der Waals surface area contributed by atoms with Gasteiger partial charge in [0, 0.05) is 30.2 Å². The fourth-order valence-corrected chi connectivity index (χ4v) is 4.17. The summed E-state index contributed by atoms with van der Waals surface area (Å²) in [5, 5.41) is 3.94. The molecule has 0 aromatic heterocycles. The Kier molecular flexibility index (Phi) is 4.94. The molecule has 1 aliphatic heterocycles. The summed E-state index contributed by atoms with van der Waals surface area (Å²) in [5.41, 5.74) is 0.836. The van der Waals surface area contributed by atoms with Crippen LogP contribution in [0.5, 0.6) is 0 Å². The molecule has 2 fully saturated rings. The molecule has 0 radical (unpaired) electrons. The summed E-state index contributed by atoms with van der Waals surface area (Å²) in [6.07, 6.45) is 10.9. The third-order valence-corrected chi connectivity index (χ3v) is 6.13. The van der Waals surface area contributed by atoms with Crippen LogP contribution in [0.15, 0.2) is 0 Å². The van der Waals surface area contributed by atoms with Crippen molar-refractivity contribution in [1.82, 2.24) is 10.2 Å². The van der Waals surface area contributed by atoms with E-state index in [0.717, 1.165) is 6.04 Å². The SMILES string of the molecule is CCC1CNC2(CCCCC2)CN1C(C)(CC)CC. The molecule has 2 aliphatic rings. The van der Waals surface area contributed by atoms with Crippen LogP contribution in [0.1, 0.15) is 79.1 Å². The summed E-state index contributed by atoms with van der Waals surface area (Å²) in [4.78, 5) is 2.87. The number of hydrogen-bond donors (Lipinski definition) is 1. The van der Waals surface area contributed by atoms with E-state index in [4.69, 9.17) is 0 Å². The second-order valence-electron chi connectivity index (χ2n) is 7.12. The molecular weight excluding hydrogens is 232 g/mol. The van der Waals surface area contributed by atoms with Crippen molar-refractivity contribution in [2.45, 2.75) is 96.2 Å². The number of nitrogens with zero attached hydrogens (tertiary/aromatic N) is 1. The lowest BCUT2D eigenvalue weighted by molar-refractivity contribution is -0.0253. The summed E-state index contributed by atoms with van der Waals surface area (Å²) >= 11 is 0. The minimum absolute atomic E-state index is 0.396. The summed E-state index contributed by atoms with van der Waals surface area (Å²) in [5.74, 6) is 0. The zero-order chi connectivity index (χ0) is 13.9. The largest absolute Gasteiger partial charge is 0.308 e. The molecule has 2 heteroatoms. The molecule has 1 spiro atoms. The van der Waals surface area contributed by atoms with Crippen LogP contribution in [-0.4, -0.2) is 35.1 Å². The zero-order valence-electron chi connectivity index (χ0n) is 13.6. The topological polar surface area (TPSA) is 15.3 Å². The van der Waals surface area contributed by atoms with E-state index in [1.54, 1.807) is 0 Å². The molecule has 1 saturated heterocycles. The van der Waals surface area contributed by atoms with Gasteiger partial charge in [-0.1, -0.05) is 40.0 Å². The normalized spacial score (nSPS) is 28.7. The molecule has 0 aromatic carbocycles. The van der Waals surface area contributed by atoms with Gasteiger partial charge in [-0.3, -0.25) is 4.90 Å². The second kappa shape index (κ2) is 6.13. The monoisotopic (exact) mass is 266 g/mol. The molecule has 1 saturated carbocycles. The van der Waals surface area contributed by atoms with Gasteiger partial charge < -0.3 is 5.32 Å². The molecule has 19 heavy (non-hydrogen) atoms. The van der Waals surface area contributed by atoms with Crippen LogP contribution in [0, 0.1) is 0 Å². The highest BCUT2D eigenvalue weighted by Crippen LogP contribution is 2.37. The molecule has 2 nitrogen and oxygen atoms in total. The molecule has 0 aromatic rings. The van der Waals surface area contributed by atoms with Crippen molar-refractivity contribution >= 4 is 0 Å². The third kappa shape index (κ3) is 3.00. The van der Waals surface area contributed by atoms with E-state index >= 15 is 0 Å². The highest BCUT2D eigenvalue weighted by molar-refractivity contribution is 5.03. The second-order valence-corrected chi connectivity index (χ2v) is 7.12. The lowest BCUT2D eigenvalue weighted by atomic mass is 9.77. The molecule has 112 valence electrons. The Bertz CT molecular complexity index is 277. The Morgan fingerprint density at radius 2 is 1.74 bits per heavy atom. The lowest BCUT2D eigenvalue weighted by Gasteiger charge is -2.55. The van der Waals surface area contributed by atoms with Gasteiger partial charge in [-0.05, 0) is 39.0 Å². The molecule has 1 aliphatic carbocycles. The average Bonchev–Trinajstić information content (AvgIpc) is 2.47. The van der Waals surface area contributed by atoms with Crippen molar-refractivity contribution in [3.8, 4) is 0 Å². The molecule has 1 heterocycles.